The Kier molecular flexibility index (Phi) is 5.37. The number of nitrogens with one attached hydrogen (secondary N) is 1. The zero-order valence-electron chi connectivity index (χ0n) is 8.56. The minimum absolute atomic E-state index is 0.263. The van der Waals surface area contributed by atoms with Gasteiger partial charge in [0.25, 0.3) is 0 Å². The van der Waals surface area contributed by atoms with Crippen LogP contribution in [0, 0.1) is 5.82 Å². The summed E-state index contributed by atoms with van der Waals surface area (Å²) in [5, 5.41) is 3.82. The van der Waals surface area contributed by atoms with E-state index in [-0.39, 0.29) is 5.82 Å². The van der Waals surface area contributed by atoms with E-state index in [0.717, 1.165) is 12.0 Å². The summed E-state index contributed by atoms with van der Waals surface area (Å²) in [4.78, 5) is 0. The lowest BCUT2D eigenvalue weighted by Crippen LogP contribution is -2.25. The molecular weight excluding hydrogens is 236 g/mol. The molecule has 1 aromatic rings. The molecular formula is C11H14Cl2FN. The third-order valence-corrected chi connectivity index (χ3v) is 2.78. The third-order valence-electron chi connectivity index (χ3n) is 2.19. The van der Waals surface area contributed by atoms with Crippen LogP contribution in [0.15, 0.2) is 18.2 Å². The highest BCUT2D eigenvalue weighted by molar-refractivity contribution is 6.31. The van der Waals surface area contributed by atoms with E-state index >= 15 is 0 Å². The minimum Gasteiger partial charge on any atom is -0.310 e. The number of hydrogen-bond donors (Lipinski definition) is 1. The van der Waals surface area contributed by atoms with Crippen molar-refractivity contribution in [3.63, 3.8) is 0 Å². The van der Waals surface area contributed by atoms with Crippen LogP contribution >= 0.6 is 23.2 Å². The van der Waals surface area contributed by atoms with Gasteiger partial charge in [0.15, 0.2) is 0 Å². The molecule has 84 valence electrons. The van der Waals surface area contributed by atoms with Gasteiger partial charge in [-0.25, -0.2) is 4.39 Å². The summed E-state index contributed by atoms with van der Waals surface area (Å²) in [7, 11) is 0. The van der Waals surface area contributed by atoms with E-state index in [1.165, 1.54) is 12.1 Å². The lowest BCUT2D eigenvalue weighted by Gasteiger charge is -2.12. The molecule has 0 aliphatic rings. The normalized spacial score (nSPS) is 12.8. The molecule has 1 nitrogen and oxygen atoms in total. The molecule has 0 fully saturated rings. The summed E-state index contributed by atoms with van der Waals surface area (Å²) in [6.07, 6.45) is 0.883. The van der Waals surface area contributed by atoms with Gasteiger partial charge >= 0.3 is 0 Å². The van der Waals surface area contributed by atoms with E-state index in [1.807, 2.05) is 6.92 Å². The van der Waals surface area contributed by atoms with Crippen molar-refractivity contribution >= 4 is 23.2 Å². The van der Waals surface area contributed by atoms with Crippen LogP contribution in [0.5, 0.6) is 0 Å². The van der Waals surface area contributed by atoms with Crippen LogP contribution in [0.1, 0.15) is 18.9 Å². The summed E-state index contributed by atoms with van der Waals surface area (Å²) in [5.41, 5.74) is 0.776. The molecule has 1 N–H and O–H groups in total. The molecule has 0 bridgehead atoms. The monoisotopic (exact) mass is 249 g/mol. The Morgan fingerprint density at radius 1 is 1.47 bits per heavy atom. The Bertz CT molecular complexity index is 317. The van der Waals surface area contributed by atoms with Crippen molar-refractivity contribution in [3.05, 3.63) is 34.6 Å². The van der Waals surface area contributed by atoms with Crippen LogP contribution < -0.4 is 5.32 Å². The number of halogens is 3. The molecule has 0 saturated heterocycles. The molecule has 1 rings (SSSR count). The highest BCUT2D eigenvalue weighted by Gasteiger charge is 2.04. The van der Waals surface area contributed by atoms with E-state index in [4.69, 9.17) is 23.2 Å². The van der Waals surface area contributed by atoms with Gasteiger partial charge in [0.1, 0.15) is 5.82 Å². The fourth-order valence-corrected chi connectivity index (χ4v) is 1.74. The van der Waals surface area contributed by atoms with Crippen LogP contribution in [-0.4, -0.2) is 11.9 Å². The molecule has 1 unspecified atom stereocenters. The van der Waals surface area contributed by atoms with Crippen LogP contribution in [0.3, 0.4) is 0 Å². The minimum atomic E-state index is -0.263. The van der Waals surface area contributed by atoms with E-state index in [0.29, 0.717) is 23.5 Å². The summed E-state index contributed by atoms with van der Waals surface area (Å²) in [6.45, 7) is 2.60. The quantitative estimate of drug-likeness (QED) is 0.787. The second-order valence-electron chi connectivity index (χ2n) is 3.50. The second-order valence-corrected chi connectivity index (χ2v) is 4.28. The fourth-order valence-electron chi connectivity index (χ4n) is 1.23. The van der Waals surface area contributed by atoms with E-state index in [1.54, 1.807) is 6.07 Å². The van der Waals surface area contributed by atoms with Crippen LogP contribution in [0.4, 0.5) is 4.39 Å². The second kappa shape index (κ2) is 6.31. The molecule has 0 amide bonds. The van der Waals surface area contributed by atoms with E-state index < -0.39 is 0 Å². The maximum atomic E-state index is 12.9. The standard InChI is InChI=1S/C11H14Cl2FN/c1-8(4-5-12)15-7-9-6-10(14)2-3-11(9)13/h2-3,6,8,15H,4-5,7H2,1H3. The van der Waals surface area contributed by atoms with E-state index in [2.05, 4.69) is 5.32 Å². The Morgan fingerprint density at radius 3 is 2.87 bits per heavy atom. The highest BCUT2D eigenvalue weighted by atomic mass is 35.5. The number of hydrogen-bond acceptors (Lipinski definition) is 1. The van der Waals surface area contributed by atoms with Crippen LogP contribution in [-0.2, 0) is 6.54 Å². The Labute approximate surface area is 99.6 Å². The van der Waals surface area contributed by atoms with Gasteiger partial charge in [-0.2, -0.15) is 0 Å². The van der Waals surface area contributed by atoms with Gasteiger partial charge in [-0.3, -0.25) is 0 Å². The van der Waals surface area contributed by atoms with Crippen molar-refractivity contribution in [2.75, 3.05) is 5.88 Å². The van der Waals surface area contributed by atoms with Gasteiger partial charge in [0, 0.05) is 23.5 Å². The number of benzene rings is 1. The van der Waals surface area contributed by atoms with Gasteiger partial charge < -0.3 is 5.32 Å². The summed E-state index contributed by atoms with van der Waals surface area (Å²) < 4.78 is 12.9. The maximum Gasteiger partial charge on any atom is 0.123 e. The van der Waals surface area contributed by atoms with Crippen molar-refractivity contribution in [1.82, 2.24) is 5.32 Å². The van der Waals surface area contributed by atoms with Gasteiger partial charge in [0.05, 0.1) is 0 Å². The first-order chi connectivity index (χ1) is 7.13. The molecule has 0 heterocycles. The van der Waals surface area contributed by atoms with Crippen molar-refractivity contribution in [2.24, 2.45) is 0 Å². The molecule has 1 atom stereocenters. The molecule has 4 heteroatoms. The first-order valence-electron chi connectivity index (χ1n) is 4.86. The molecule has 0 radical (unpaired) electrons. The number of rotatable bonds is 5. The molecule has 0 aliphatic heterocycles. The number of alkyl halides is 1. The topological polar surface area (TPSA) is 12.0 Å². The van der Waals surface area contributed by atoms with Crippen LogP contribution in [0.25, 0.3) is 0 Å². The zero-order valence-corrected chi connectivity index (χ0v) is 10.1. The molecule has 15 heavy (non-hydrogen) atoms. The Hall–Kier alpha value is -0.310. The summed E-state index contributed by atoms with van der Waals surface area (Å²) in [5.74, 6) is 0.353. The first kappa shape index (κ1) is 12.8. The van der Waals surface area contributed by atoms with Crippen molar-refractivity contribution in [3.8, 4) is 0 Å². The molecule has 0 aromatic heterocycles. The lowest BCUT2D eigenvalue weighted by molar-refractivity contribution is 0.534. The zero-order chi connectivity index (χ0) is 11.3. The first-order valence-corrected chi connectivity index (χ1v) is 5.78. The van der Waals surface area contributed by atoms with Gasteiger partial charge in [0.2, 0.25) is 0 Å². The average molecular weight is 250 g/mol. The Balaban J connectivity index is 2.53. The van der Waals surface area contributed by atoms with Gasteiger partial charge in [-0.15, -0.1) is 11.6 Å². The molecule has 0 saturated carbocycles. The average Bonchev–Trinajstić information content (AvgIpc) is 2.20. The van der Waals surface area contributed by atoms with Crippen molar-refractivity contribution in [1.29, 1.82) is 0 Å². The van der Waals surface area contributed by atoms with Crippen molar-refractivity contribution in [2.45, 2.75) is 25.9 Å². The predicted molar refractivity (Wildman–Crippen MR) is 63.0 cm³/mol. The Morgan fingerprint density at radius 2 is 2.20 bits per heavy atom. The molecule has 0 aliphatic carbocycles. The van der Waals surface area contributed by atoms with Gasteiger partial charge in [-0.1, -0.05) is 11.6 Å². The fraction of sp³-hybridized carbons (Fsp3) is 0.455. The van der Waals surface area contributed by atoms with Crippen molar-refractivity contribution < 1.29 is 4.39 Å². The third kappa shape index (κ3) is 4.37. The molecule has 0 spiro atoms. The smallest absolute Gasteiger partial charge is 0.123 e. The van der Waals surface area contributed by atoms with Crippen LogP contribution in [0.2, 0.25) is 5.02 Å². The molecule has 1 aromatic carbocycles. The predicted octanol–water partition coefficient (Wildman–Crippen LogP) is 3.59. The van der Waals surface area contributed by atoms with E-state index in [9.17, 15) is 4.39 Å². The summed E-state index contributed by atoms with van der Waals surface area (Å²) in [6, 6.07) is 4.68. The summed E-state index contributed by atoms with van der Waals surface area (Å²) >= 11 is 11.5. The SMILES string of the molecule is CC(CCCl)NCc1cc(F)ccc1Cl. The largest absolute Gasteiger partial charge is 0.310 e. The maximum absolute atomic E-state index is 12.9. The highest BCUT2D eigenvalue weighted by Crippen LogP contribution is 2.16. The van der Waals surface area contributed by atoms with Gasteiger partial charge in [-0.05, 0) is 37.1 Å². The lowest BCUT2D eigenvalue weighted by atomic mass is 10.2.